The zero-order chi connectivity index (χ0) is 21.1. The van der Waals surface area contributed by atoms with Crippen molar-refractivity contribution in [1.82, 2.24) is 14.5 Å². The number of piperidine rings is 1. The lowest BCUT2D eigenvalue weighted by atomic mass is 9.98. The van der Waals surface area contributed by atoms with Crippen LogP contribution >= 0.6 is 24.0 Å². The van der Waals surface area contributed by atoms with E-state index in [-0.39, 0.29) is 43.0 Å². The summed E-state index contributed by atoms with van der Waals surface area (Å²) in [6.45, 7) is 2.12. The molecular formula is C19H28F3IN4O2S. The van der Waals surface area contributed by atoms with Gasteiger partial charge in [0.05, 0.1) is 0 Å². The molecule has 0 bridgehead atoms. The largest absolute Gasteiger partial charge is 0.511 e. The average Bonchev–Trinajstić information content (AvgIpc) is 3.19. The number of likely N-dealkylation sites (tertiary alicyclic amines) is 1. The number of nitrogens with zero attached hydrogens (tertiary/aromatic N) is 3. The minimum atomic E-state index is -5.23. The molecule has 170 valence electrons. The van der Waals surface area contributed by atoms with Crippen molar-refractivity contribution in [2.24, 2.45) is 10.9 Å². The Bertz CT molecular complexity index is 813. The van der Waals surface area contributed by atoms with Crippen molar-refractivity contribution in [3.63, 3.8) is 0 Å². The van der Waals surface area contributed by atoms with Gasteiger partial charge in [-0.05, 0) is 30.7 Å². The highest BCUT2D eigenvalue weighted by Gasteiger charge is 2.50. The second kappa shape index (κ2) is 10.5. The number of guanidine groups is 1. The van der Waals surface area contributed by atoms with Gasteiger partial charge in [-0.2, -0.15) is 17.5 Å². The Kier molecular flexibility index (Phi) is 8.80. The molecule has 2 aliphatic heterocycles. The van der Waals surface area contributed by atoms with Crippen molar-refractivity contribution in [2.45, 2.75) is 30.7 Å². The molecule has 1 unspecified atom stereocenters. The van der Waals surface area contributed by atoms with Gasteiger partial charge >= 0.3 is 15.5 Å². The van der Waals surface area contributed by atoms with Gasteiger partial charge in [0.15, 0.2) is 5.96 Å². The van der Waals surface area contributed by atoms with E-state index in [4.69, 9.17) is 0 Å². The first-order valence-electron chi connectivity index (χ1n) is 9.79. The number of nitrogens with one attached hydrogen (secondary N) is 1. The molecule has 0 amide bonds. The average molecular weight is 560 g/mol. The topological polar surface area (TPSA) is 65.0 Å². The molecule has 0 saturated carbocycles. The van der Waals surface area contributed by atoms with E-state index >= 15 is 0 Å². The highest BCUT2D eigenvalue weighted by molar-refractivity contribution is 14.0. The maximum atomic E-state index is 12.7. The van der Waals surface area contributed by atoms with Crippen LogP contribution in [-0.2, 0) is 10.0 Å². The van der Waals surface area contributed by atoms with Crippen molar-refractivity contribution < 1.29 is 21.6 Å². The number of benzene rings is 1. The van der Waals surface area contributed by atoms with E-state index in [0.717, 1.165) is 25.5 Å². The lowest BCUT2D eigenvalue weighted by Gasteiger charge is -2.32. The summed E-state index contributed by atoms with van der Waals surface area (Å²) in [6.07, 6.45) is 1.83. The summed E-state index contributed by atoms with van der Waals surface area (Å²) in [7, 11) is -3.50. The highest BCUT2D eigenvalue weighted by atomic mass is 127. The molecule has 1 atom stereocenters. The lowest BCUT2D eigenvalue weighted by Crippen LogP contribution is -2.47. The van der Waals surface area contributed by atoms with E-state index in [1.54, 1.807) is 7.05 Å². The Morgan fingerprint density at radius 3 is 2.33 bits per heavy atom. The Labute approximate surface area is 193 Å². The molecule has 1 N–H and O–H groups in total. The van der Waals surface area contributed by atoms with Crippen LogP contribution in [0, 0.1) is 5.92 Å². The number of rotatable bonds is 4. The van der Waals surface area contributed by atoms with Crippen LogP contribution in [0.3, 0.4) is 0 Å². The quantitative estimate of drug-likeness (QED) is 0.349. The van der Waals surface area contributed by atoms with Gasteiger partial charge in [-0.1, -0.05) is 30.3 Å². The number of sulfonamides is 1. The fourth-order valence-electron chi connectivity index (χ4n) is 4.02. The first-order valence-corrected chi connectivity index (χ1v) is 11.2. The second-order valence-electron chi connectivity index (χ2n) is 7.56. The van der Waals surface area contributed by atoms with Crippen LogP contribution in [-0.4, -0.2) is 68.9 Å². The van der Waals surface area contributed by atoms with Crippen LogP contribution in [0.15, 0.2) is 35.3 Å². The first-order chi connectivity index (χ1) is 13.7. The summed E-state index contributed by atoms with van der Waals surface area (Å²) in [6, 6.07) is 10.3. The molecule has 0 radical (unpaired) electrons. The predicted octanol–water partition coefficient (Wildman–Crippen LogP) is 3.23. The van der Waals surface area contributed by atoms with Crippen LogP contribution in [0.4, 0.5) is 13.2 Å². The van der Waals surface area contributed by atoms with E-state index < -0.39 is 15.5 Å². The molecule has 2 heterocycles. The zero-order valence-corrected chi connectivity index (χ0v) is 20.0. The number of hydrogen-bond donors (Lipinski definition) is 1. The highest BCUT2D eigenvalue weighted by Crippen LogP contribution is 2.30. The van der Waals surface area contributed by atoms with Gasteiger partial charge in [0.2, 0.25) is 0 Å². The van der Waals surface area contributed by atoms with E-state index in [9.17, 15) is 21.6 Å². The molecule has 1 aromatic carbocycles. The first kappa shape index (κ1) is 25.2. The van der Waals surface area contributed by atoms with Crippen LogP contribution < -0.4 is 5.32 Å². The molecule has 0 spiro atoms. The zero-order valence-electron chi connectivity index (χ0n) is 16.8. The van der Waals surface area contributed by atoms with Crippen LogP contribution in [0.25, 0.3) is 0 Å². The van der Waals surface area contributed by atoms with E-state index in [1.807, 2.05) is 18.2 Å². The maximum Gasteiger partial charge on any atom is 0.511 e. The summed E-state index contributed by atoms with van der Waals surface area (Å²) in [5.74, 6) is 1.35. The van der Waals surface area contributed by atoms with Gasteiger partial charge in [-0.15, -0.1) is 24.0 Å². The third kappa shape index (κ3) is 5.78. The van der Waals surface area contributed by atoms with E-state index in [0.29, 0.717) is 29.6 Å². The van der Waals surface area contributed by atoms with Gasteiger partial charge < -0.3 is 10.2 Å². The third-order valence-electron chi connectivity index (χ3n) is 5.73. The molecule has 30 heavy (non-hydrogen) atoms. The van der Waals surface area contributed by atoms with Crippen molar-refractivity contribution in [2.75, 3.05) is 39.8 Å². The van der Waals surface area contributed by atoms with Gasteiger partial charge in [-0.25, -0.2) is 8.42 Å². The van der Waals surface area contributed by atoms with E-state index in [1.165, 1.54) is 5.56 Å². The van der Waals surface area contributed by atoms with Gasteiger partial charge in [-0.3, -0.25) is 4.99 Å². The monoisotopic (exact) mass is 560 g/mol. The Morgan fingerprint density at radius 2 is 1.77 bits per heavy atom. The van der Waals surface area contributed by atoms with Crippen LogP contribution in [0.2, 0.25) is 0 Å². The predicted molar refractivity (Wildman–Crippen MR) is 121 cm³/mol. The van der Waals surface area contributed by atoms with Crippen molar-refractivity contribution in [1.29, 1.82) is 0 Å². The summed E-state index contributed by atoms with van der Waals surface area (Å²) < 4.78 is 61.6. The second-order valence-corrected chi connectivity index (χ2v) is 9.49. The summed E-state index contributed by atoms with van der Waals surface area (Å²) in [5.41, 5.74) is -3.92. The molecule has 3 rings (SSSR count). The molecule has 2 aliphatic rings. The van der Waals surface area contributed by atoms with E-state index in [2.05, 4.69) is 27.3 Å². The molecule has 1 aromatic rings. The summed E-state index contributed by atoms with van der Waals surface area (Å²) in [5, 5.41) is 3.32. The summed E-state index contributed by atoms with van der Waals surface area (Å²) in [4.78, 5) is 6.54. The fourth-order valence-corrected chi connectivity index (χ4v) is 5.00. The van der Waals surface area contributed by atoms with Gasteiger partial charge in [0.25, 0.3) is 0 Å². The van der Waals surface area contributed by atoms with Crippen LogP contribution in [0.1, 0.15) is 30.7 Å². The Morgan fingerprint density at radius 1 is 1.13 bits per heavy atom. The minimum absolute atomic E-state index is 0. The smallest absolute Gasteiger partial charge is 0.356 e. The van der Waals surface area contributed by atoms with Crippen molar-refractivity contribution in [3.05, 3.63) is 35.9 Å². The van der Waals surface area contributed by atoms with Crippen molar-refractivity contribution in [3.8, 4) is 0 Å². The molecule has 2 saturated heterocycles. The maximum absolute atomic E-state index is 12.7. The Hall–Kier alpha value is -1.08. The molecule has 11 heteroatoms. The normalized spacial score (nSPS) is 22.1. The lowest BCUT2D eigenvalue weighted by molar-refractivity contribution is -0.0496. The molecule has 2 fully saturated rings. The molecule has 6 nitrogen and oxygen atoms in total. The standard InChI is InChI=1S/C19H27F3N4O2S.HI/c1-23-18(25-10-9-17(14-25)16-5-3-2-4-6-16)24-13-15-7-11-26(12-8-15)29(27,28)19(20,21)22;/h2-6,15,17H,7-14H2,1H3,(H,23,24);1H. The van der Waals surface area contributed by atoms with Crippen molar-refractivity contribution >= 4 is 40.0 Å². The molecule has 0 aromatic heterocycles. The van der Waals surface area contributed by atoms with Gasteiger partial charge in [0.1, 0.15) is 0 Å². The third-order valence-corrected chi connectivity index (χ3v) is 7.36. The Balaban J connectivity index is 0.00000320. The number of halogens is 4. The minimum Gasteiger partial charge on any atom is -0.356 e. The molecule has 0 aliphatic carbocycles. The summed E-state index contributed by atoms with van der Waals surface area (Å²) >= 11 is 0. The fraction of sp³-hybridized carbons (Fsp3) is 0.632. The molecular weight excluding hydrogens is 532 g/mol. The number of hydrogen-bond acceptors (Lipinski definition) is 3. The van der Waals surface area contributed by atoms with Crippen LogP contribution in [0.5, 0.6) is 0 Å². The van der Waals surface area contributed by atoms with Gasteiger partial charge in [0, 0.05) is 45.7 Å². The number of aliphatic imine (C=N–C) groups is 1. The number of alkyl halides is 3. The SMILES string of the molecule is CN=C(NCC1CCN(S(=O)(=O)C(F)(F)F)CC1)N1CCC(c2ccccc2)C1.I.